The van der Waals surface area contributed by atoms with Crippen LogP contribution in [0.4, 0.5) is 0 Å². The summed E-state index contributed by atoms with van der Waals surface area (Å²) in [7, 11) is 1.64. The van der Waals surface area contributed by atoms with E-state index in [1.807, 2.05) is 36.1 Å². The standard InChI is InChI=1S/C17H26N2O4/c1-3-23-16-11-19(10-14(16)20)12-17(21)18-9-8-13-6-4-5-7-15(13)22-2/h4-7,14,16,20H,3,8-12H2,1-2H3,(H,18,21)/t14-,16-/m0/s1. The topological polar surface area (TPSA) is 71.0 Å². The van der Waals surface area contributed by atoms with Gasteiger partial charge in [0.2, 0.25) is 5.91 Å². The van der Waals surface area contributed by atoms with E-state index in [-0.39, 0.29) is 18.6 Å². The molecule has 2 N–H and O–H groups in total. The lowest BCUT2D eigenvalue weighted by Gasteiger charge is -2.15. The molecule has 128 valence electrons. The molecule has 0 bridgehead atoms. The summed E-state index contributed by atoms with van der Waals surface area (Å²) in [5.74, 6) is 0.799. The van der Waals surface area contributed by atoms with Gasteiger partial charge in [-0.15, -0.1) is 0 Å². The molecule has 1 fully saturated rings. The Morgan fingerprint density at radius 1 is 1.39 bits per heavy atom. The number of nitrogens with zero attached hydrogens (tertiary/aromatic N) is 1. The number of ether oxygens (including phenoxy) is 2. The number of hydrogen-bond donors (Lipinski definition) is 2. The van der Waals surface area contributed by atoms with Gasteiger partial charge in [-0.3, -0.25) is 9.69 Å². The van der Waals surface area contributed by atoms with Crippen LogP contribution in [0, 0.1) is 0 Å². The monoisotopic (exact) mass is 322 g/mol. The number of amides is 1. The fourth-order valence-electron chi connectivity index (χ4n) is 2.84. The number of likely N-dealkylation sites (tertiary alicyclic amines) is 1. The molecule has 1 aromatic rings. The molecule has 2 rings (SSSR count). The molecule has 1 heterocycles. The van der Waals surface area contributed by atoms with Crippen LogP contribution in [0.5, 0.6) is 5.75 Å². The fourth-order valence-corrected chi connectivity index (χ4v) is 2.84. The molecule has 23 heavy (non-hydrogen) atoms. The molecule has 0 radical (unpaired) electrons. The average Bonchev–Trinajstić information content (AvgIpc) is 2.87. The second-order valence-electron chi connectivity index (χ2n) is 5.67. The lowest BCUT2D eigenvalue weighted by atomic mass is 10.1. The third kappa shape index (κ3) is 5.20. The Bertz CT molecular complexity index is 509. The van der Waals surface area contributed by atoms with Crippen LogP contribution < -0.4 is 10.1 Å². The van der Waals surface area contributed by atoms with Crippen molar-refractivity contribution in [2.24, 2.45) is 0 Å². The van der Waals surface area contributed by atoms with Crippen molar-refractivity contribution in [1.29, 1.82) is 0 Å². The number of nitrogens with one attached hydrogen (secondary N) is 1. The molecule has 0 aromatic heterocycles. The molecule has 1 amide bonds. The van der Waals surface area contributed by atoms with Crippen LogP contribution in [0.15, 0.2) is 24.3 Å². The maximum atomic E-state index is 12.0. The maximum Gasteiger partial charge on any atom is 0.234 e. The van der Waals surface area contributed by atoms with Gasteiger partial charge in [0.1, 0.15) is 5.75 Å². The third-order valence-electron chi connectivity index (χ3n) is 3.97. The first kappa shape index (κ1) is 17.7. The van der Waals surface area contributed by atoms with Crippen LogP contribution >= 0.6 is 0 Å². The minimum atomic E-state index is -0.517. The number of carbonyl (C=O) groups excluding carboxylic acids is 1. The van der Waals surface area contributed by atoms with E-state index >= 15 is 0 Å². The Morgan fingerprint density at radius 3 is 2.91 bits per heavy atom. The second kappa shape index (κ2) is 8.86. The highest BCUT2D eigenvalue weighted by Crippen LogP contribution is 2.17. The van der Waals surface area contributed by atoms with Gasteiger partial charge >= 0.3 is 0 Å². The van der Waals surface area contributed by atoms with Crippen LogP contribution in [0.25, 0.3) is 0 Å². The van der Waals surface area contributed by atoms with E-state index in [2.05, 4.69) is 5.32 Å². The molecule has 0 spiro atoms. The van der Waals surface area contributed by atoms with Crippen molar-refractivity contribution in [3.05, 3.63) is 29.8 Å². The van der Waals surface area contributed by atoms with Crippen LogP contribution in [0.1, 0.15) is 12.5 Å². The van der Waals surface area contributed by atoms with E-state index in [0.717, 1.165) is 17.7 Å². The number of aliphatic hydroxyl groups excluding tert-OH is 1. The number of benzene rings is 1. The van der Waals surface area contributed by atoms with Crippen molar-refractivity contribution in [2.75, 3.05) is 39.9 Å². The van der Waals surface area contributed by atoms with Gasteiger partial charge in [0.05, 0.1) is 25.9 Å². The van der Waals surface area contributed by atoms with E-state index < -0.39 is 6.10 Å². The molecular formula is C17H26N2O4. The van der Waals surface area contributed by atoms with Crippen molar-refractivity contribution >= 4 is 5.91 Å². The second-order valence-corrected chi connectivity index (χ2v) is 5.67. The molecule has 1 aliphatic rings. The van der Waals surface area contributed by atoms with Crippen molar-refractivity contribution in [1.82, 2.24) is 10.2 Å². The predicted molar refractivity (Wildman–Crippen MR) is 87.6 cm³/mol. The summed E-state index contributed by atoms with van der Waals surface area (Å²) in [6.07, 6.45) is 0.0117. The molecule has 1 aromatic carbocycles. The van der Waals surface area contributed by atoms with E-state index in [0.29, 0.717) is 26.2 Å². The Kier molecular flexibility index (Phi) is 6.83. The lowest BCUT2D eigenvalue weighted by molar-refractivity contribution is -0.122. The highest BCUT2D eigenvalue weighted by Gasteiger charge is 2.32. The molecule has 1 saturated heterocycles. The fraction of sp³-hybridized carbons (Fsp3) is 0.588. The molecule has 6 nitrogen and oxygen atoms in total. The highest BCUT2D eigenvalue weighted by molar-refractivity contribution is 5.78. The SMILES string of the molecule is CCO[C@H]1CN(CC(=O)NCCc2ccccc2OC)C[C@@H]1O. The highest BCUT2D eigenvalue weighted by atomic mass is 16.5. The lowest BCUT2D eigenvalue weighted by Crippen LogP contribution is -2.37. The van der Waals surface area contributed by atoms with Gasteiger partial charge in [-0.1, -0.05) is 18.2 Å². The minimum Gasteiger partial charge on any atom is -0.496 e. The Morgan fingerprint density at radius 2 is 2.17 bits per heavy atom. The van der Waals surface area contributed by atoms with Crippen molar-refractivity contribution in [3.63, 3.8) is 0 Å². The zero-order chi connectivity index (χ0) is 16.7. The quantitative estimate of drug-likeness (QED) is 0.726. The zero-order valence-corrected chi connectivity index (χ0v) is 13.8. The normalized spacial score (nSPS) is 21.3. The number of aliphatic hydroxyl groups is 1. The Balaban J connectivity index is 1.71. The molecule has 0 saturated carbocycles. The van der Waals surface area contributed by atoms with Crippen molar-refractivity contribution in [3.8, 4) is 5.75 Å². The summed E-state index contributed by atoms with van der Waals surface area (Å²) < 4.78 is 10.7. The van der Waals surface area contributed by atoms with Crippen LogP contribution in [-0.2, 0) is 16.0 Å². The number of para-hydroxylation sites is 1. The van der Waals surface area contributed by atoms with Crippen LogP contribution in [0.3, 0.4) is 0 Å². The summed E-state index contributed by atoms with van der Waals surface area (Å²) >= 11 is 0. The van der Waals surface area contributed by atoms with Gasteiger partial charge in [-0.25, -0.2) is 0 Å². The van der Waals surface area contributed by atoms with E-state index in [4.69, 9.17) is 9.47 Å². The van der Waals surface area contributed by atoms with Crippen LogP contribution in [-0.4, -0.2) is 68.0 Å². The Labute approximate surface area is 137 Å². The molecule has 0 aliphatic carbocycles. The van der Waals surface area contributed by atoms with Gasteiger partial charge < -0.3 is 19.9 Å². The molecule has 0 unspecified atom stereocenters. The summed E-state index contributed by atoms with van der Waals surface area (Å²) in [5.41, 5.74) is 1.07. The molecule has 2 atom stereocenters. The molecular weight excluding hydrogens is 296 g/mol. The average molecular weight is 322 g/mol. The summed E-state index contributed by atoms with van der Waals surface area (Å²) in [6.45, 7) is 4.39. The van der Waals surface area contributed by atoms with Gasteiger partial charge in [0.15, 0.2) is 0 Å². The minimum absolute atomic E-state index is 0.0377. The number of β-amino-alcohol motifs (C(OH)–C–C–N with tert-alkyl or cyclic N) is 1. The molecule has 6 heteroatoms. The number of carbonyl (C=O) groups is 1. The number of hydrogen-bond acceptors (Lipinski definition) is 5. The van der Waals surface area contributed by atoms with E-state index in [1.54, 1.807) is 7.11 Å². The third-order valence-corrected chi connectivity index (χ3v) is 3.97. The molecule has 1 aliphatic heterocycles. The van der Waals surface area contributed by atoms with Crippen molar-refractivity contribution < 1.29 is 19.4 Å². The first-order chi connectivity index (χ1) is 11.1. The zero-order valence-electron chi connectivity index (χ0n) is 13.8. The van der Waals surface area contributed by atoms with Gasteiger partial charge in [-0.2, -0.15) is 0 Å². The smallest absolute Gasteiger partial charge is 0.234 e. The summed E-state index contributed by atoms with van der Waals surface area (Å²) in [5, 5.41) is 12.8. The summed E-state index contributed by atoms with van der Waals surface area (Å²) in [6, 6.07) is 7.79. The Hall–Kier alpha value is -1.63. The number of rotatable bonds is 8. The van der Waals surface area contributed by atoms with Crippen molar-refractivity contribution in [2.45, 2.75) is 25.6 Å². The number of methoxy groups -OCH3 is 1. The first-order valence-corrected chi connectivity index (χ1v) is 8.04. The summed E-state index contributed by atoms with van der Waals surface area (Å²) in [4.78, 5) is 13.9. The van der Waals surface area contributed by atoms with E-state index in [9.17, 15) is 9.90 Å². The van der Waals surface area contributed by atoms with Crippen LogP contribution in [0.2, 0.25) is 0 Å². The van der Waals surface area contributed by atoms with E-state index in [1.165, 1.54) is 0 Å². The largest absolute Gasteiger partial charge is 0.496 e. The van der Waals surface area contributed by atoms with Gasteiger partial charge in [-0.05, 0) is 25.0 Å². The predicted octanol–water partition coefficient (Wildman–Crippen LogP) is 0.436. The van der Waals surface area contributed by atoms with Gasteiger partial charge in [0.25, 0.3) is 0 Å². The maximum absolute atomic E-state index is 12.0. The van der Waals surface area contributed by atoms with Gasteiger partial charge in [0, 0.05) is 26.2 Å². The first-order valence-electron chi connectivity index (χ1n) is 8.04.